The van der Waals surface area contributed by atoms with Crippen molar-refractivity contribution in [1.82, 2.24) is 9.55 Å². The average molecular weight is 391 g/mol. The number of ether oxygens (including phenoxy) is 1. The zero-order chi connectivity index (χ0) is 18.4. The highest BCUT2D eigenvalue weighted by atomic mass is 32.2. The summed E-state index contributed by atoms with van der Waals surface area (Å²) < 4.78 is 7.26. The molecule has 5 nitrogen and oxygen atoms in total. The molecule has 0 radical (unpaired) electrons. The highest BCUT2D eigenvalue weighted by molar-refractivity contribution is 7.99. The topological polar surface area (TPSA) is 64.3 Å². The number of aromatic nitrogens is 2. The molecule has 26 heavy (non-hydrogen) atoms. The zero-order valence-electron chi connectivity index (χ0n) is 14.6. The van der Waals surface area contributed by atoms with Gasteiger partial charge in [0.25, 0.3) is 5.56 Å². The minimum atomic E-state index is -0.613. The van der Waals surface area contributed by atoms with Gasteiger partial charge in [0.1, 0.15) is 0 Å². The van der Waals surface area contributed by atoms with Crippen molar-refractivity contribution in [3.05, 3.63) is 57.0 Å². The van der Waals surface area contributed by atoms with E-state index in [1.807, 2.05) is 42.6 Å². The standard InChI is InChI=1S/C19H22N2O3S2/c1-2-9-21-18(23)16-7-3-4-8-17(16)20-19(21)26-13-14(22)11-24-12-15-6-5-10-25-15/h3-8,10,14,22H,2,9,11-13H2,1H3/t14-/m1/s1. The summed E-state index contributed by atoms with van der Waals surface area (Å²) in [6.45, 7) is 3.41. The van der Waals surface area contributed by atoms with Gasteiger partial charge in [0.15, 0.2) is 5.16 Å². The number of hydrogen-bond donors (Lipinski definition) is 1. The third kappa shape index (κ3) is 4.73. The summed E-state index contributed by atoms with van der Waals surface area (Å²) in [5, 5.41) is 13.5. The molecule has 0 saturated heterocycles. The number of fused-ring (bicyclic) bond motifs is 1. The summed E-state index contributed by atoms with van der Waals surface area (Å²) in [6.07, 6.45) is 0.235. The average Bonchev–Trinajstić information content (AvgIpc) is 3.16. The molecule has 3 aromatic rings. The van der Waals surface area contributed by atoms with Crippen LogP contribution in [0.1, 0.15) is 18.2 Å². The van der Waals surface area contributed by atoms with Gasteiger partial charge in [-0.15, -0.1) is 11.3 Å². The molecule has 1 aromatic carbocycles. The van der Waals surface area contributed by atoms with Gasteiger partial charge in [0.05, 0.1) is 30.2 Å². The molecule has 3 rings (SSSR count). The van der Waals surface area contributed by atoms with Gasteiger partial charge in [-0.25, -0.2) is 4.98 Å². The van der Waals surface area contributed by atoms with Gasteiger partial charge < -0.3 is 9.84 Å². The summed E-state index contributed by atoms with van der Waals surface area (Å²) in [6, 6.07) is 11.4. The van der Waals surface area contributed by atoms with Crippen molar-refractivity contribution in [3.8, 4) is 0 Å². The summed E-state index contributed by atoms with van der Waals surface area (Å²) >= 11 is 3.03. The number of aliphatic hydroxyl groups is 1. The largest absolute Gasteiger partial charge is 0.390 e. The van der Waals surface area contributed by atoms with E-state index in [4.69, 9.17) is 4.74 Å². The molecule has 1 N–H and O–H groups in total. The number of thioether (sulfide) groups is 1. The molecule has 2 aromatic heterocycles. The Bertz CT molecular complexity index is 893. The number of aliphatic hydroxyl groups excluding tert-OH is 1. The summed E-state index contributed by atoms with van der Waals surface area (Å²) in [7, 11) is 0. The second-order valence-electron chi connectivity index (χ2n) is 5.93. The molecule has 0 aliphatic heterocycles. The molecule has 0 spiro atoms. The lowest BCUT2D eigenvalue weighted by molar-refractivity contribution is 0.0408. The third-order valence-corrected chi connectivity index (χ3v) is 5.78. The maximum atomic E-state index is 12.7. The van der Waals surface area contributed by atoms with Gasteiger partial charge in [0.2, 0.25) is 0 Å². The number of benzene rings is 1. The first-order valence-electron chi connectivity index (χ1n) is 8.59. The Kier molecular flexibility index (Phi) is 6.85. The molecule has 0 saturated carbocycles. The molecule has 0 aliphatic carbocycles. The Hall–Kier alpha value is -1.67. The second kappa shape index (κ2) is 9.32. The predicted molar refractivity (Wildman–Crippen MR) is 107 cm³/mol. The van der Waals surface area contributed by atoms with Crippen LogP contribution in [0.25, 0.3) is 10.9 Å². The van der Waals surface area contributed by atoms with E-state index < -0.39 is 6.10 Å². The van der Waals surface area contributed by atoms with Crippen LogP contribution >= 0.6 is 23.1 Å². The fourth-order valence-electron chi connectivity index (χ4n) is 2.59. The zero-order valence-corrected chi connectivity index (χ0v) is 16.3. The van der Waals surface area contributed by atoms with E-state index in [1.165, 1.54) is 11.8 Å². The number of rotatable bonds is 9. The lowest BCUT2D eigenvalue weighted by Crippen LogP contribution is -2.24. The van der Waals surface area contributed by atoms with Crippen molar-refractivity contribution in [2.45, 2.75) is 37.8 Å². The smallest absolute Gasteiger partial charge is 0.262 e. The van der Waals surface area contributed by atoms with Gasteiger partial charge in [-0.1, -0.05) is 36.9 Å². The molecule has 0 fully saturated rings. The number of hydrogen-bond acceptors (Lipinski definition) is 6. The van der Waals surface area contributed by atoms with Crippen LogP contribution in [0.3, 0.4) is 0 Å². The number of nitrogens with zero attached hydrogens (tertiary/aromatic N) is 2. The maximum absolute atomic E-state index is 12.7. The van der Waals surface area contributed by atoms with Crippen LogP contribution in [0.5, 0.6) is 0 Å². The minimum Gasteiger partial charge on any atom is -0.390 e. The van der Waals surface area contributed by atoms with Crippen LogP contribution in [-0.4, -0.2) is 33.1 Å². The van der Waals surface area contributed by atoms with Crippen LogP contribution in [-0.2, 0) is 17.9 Å². The van der Waals surface area contributed by atoms with Crippen LogP contribution in [0, 0.1) is 0 Å². The van der Waals surface area contributed by atoms with Gasteiger partial charge in [-0.3, -0.25) is 9.36 Å². The molecular formula is C19H22N2O3S2. The fourth-order valence-corrected chi connectivity index (χ4v) is 4.16. The lowest BCUT2D eigenvalue weighted by Gasteiger charge is -2.14. The van der Waals surface area contributed by atoms with Crippen LogP contribution in [0.2, 0.25) is 0 Å². The maximum Gasteiger partial charge on any atom is 0.262 e. The normalized spacial score (nSPS) is 12.5. The van der Waals surface area contributed by atoms with Crippen LogP contribution in [0.4, 0.5) is 0 Å². The minimum absolute atomic E-state index is 0.0246. The molecular weight excluding hydrogens is 368 g/mol. The monoisotopic (exact) mass is 390 g/mol. The molecule has 2 heterocycles. The summed E-state index contributed by atoms with van der Waals surface area (Å²) in [5.74, 6) is 0.429. The van der Waals surface area contributed by atoms with Gasteiger partial charge >= 0.3 is 0 Å². The van der Waals surface area contributed by atoms with E-state index in [9.17, 15) is 9.90 Å². The molecule has 138 valence electrons. The highest BCUT2D eigenvalue weighted by Gasteiger charge is 2.13. The molecule has 0 unspecified atom stereocenters. The first-order valence-corrected chi connectivity index (χ1v) is 10.5. The van der Waals surface area contributed by atoms with Crippen molar-refractivity contribution >= 4 is 34.0 Å². The van der Waals surface area contributed by atoms with Gasteiger partial charge in [-0.2, -0.15) is 0 Å². The van der Waals surface area contributed by atoms with Crippen LogP contribution < -0.4 is 5.56 Å². The predicted octanol–water partition coefficient (Wildman–Crippen LogP) is 3.54. The fraction of sp³-hybridized carbons (Fsp3) is 0.368. The van der Waals surface area contributed by atoms with Crippen molar-refractivity contribution in [3.63, 3.8) is 0 Å². The van der Waals surface area contributed by atoms with Crippen molar-refractivity contribution in [2.75, 3.05) is 12.4 Å². The number of thiophene rings is 1. The Morgan fingerprint density at radius 1 is 1.31 bits per heavy atom. The molecule has 7 heteroatoms. The van der Waals surface area contributed by atoms with Crippen molar-refractivity contribution in [2.24, 2.45) is 0 Å². The van der Waals surface area contributed by atoms with Crippen molar-refractivity contribution < 1.29 is 9.84 Å². The lowest BCUT2D eigenvalue weighted by atomic mass is 10.2. The molecule has 0 bridgehead atoms. The van der Waals surface area contributed by atoms with Gasteiger partial charge in [0, 0.05) is 17.2 Å². The van der Waals surface area contributed by atoms with Gasteiger partial charge in [-0.05, 0) is 30.0 Å². The summed E-state index contributed by atoms with van der Waals surface area (Å²) in [4.78, 5) is 18.5. The van der Waals surface area contributed by atoms with Crippen molar-refractivity contribution in [1.29, 1.82) is 0 Å². The number of para-hydroxylation sites is 1. The summed E-state index contributed by atoms with van der Waals surface area (Å²) in [5.41, 5.74) is 0.666. The van der Waals surface area contributed by atoms with E-state index in [-0.39, 0.29) is 12.2 Å². The van der Waals surface area contributed by atoms with E-state index in [2.05, 4.69) is 4.98 Å². The Morgan fingerprint density at radius 2 is 2.15 bits per heavy atom. The third-order valence-electron chi connectivity index (χ3n) is 3.81. The molecule has 0 amide bonds. The SMILES string of the molecule is CCCn1c(SC[C@H](O)COCc2cccs2)nc2ccccc2c1=O. The highest BCUT2D eigenvalue weighted by Crippen LogP contribution is 2.19. The first-order chi connectivity index (χ1) is 12.7. The van der Waals surface area contributed by atoms with E-state index in [1.54, 1.807) is 22.0 Å². The van der Waals surface area contributed by atoms with E-state index in [0.29, 0.717) is 35.0 Å². The molecule has 1 atom stereocenters. The Balaban J connectivity index is 1.65. The van der Waals surface area contributed by atoms with E-state index in [0.717, 1.165) is 11.3 Å². The molecule has 0 aliphatic rings. The quantitative estimate of drug-likeness (QED) is 0.447. The Labute approximate surface area is 160 Å². The Morgan fingerprint density at radius 3 is 2.92 bits per heavy atom. The van der Waals surface area contributed by atoms with E-state index >= 15 is 0 Å². The second-order valence-corrected chi connectivity index (χ2v) is 7.95. The first kappa shape index (κ1) is 19.1. The van der Waals surface area contributed by atoms with Crippen LogP contribution in [0.15, 0.2) is 51.7 Å².